The van der Waals surface area contributed by atoms with Gasteiger partial charge in [-0.05, 0) is 31.0 Å². The summed E-state index contributed by atoms with van der Waals surface area (Å²) >= 11 is 11.7. The average Bonchev–Trinajstić information content (AvgIpc) is 2.79. The maximum Gasteiger partial charge on any atom is 0.0652 e. The van der Waals surface area contributed by atoms with Crippen LogP contribution in [0.4, 0.5) is 5.69 Å². The fourth-order valence-corrected chi connectivity index (χ4v) is 1.52. The Balaban J connectivity index is 2.18. The first-order valence-corrected chi connectivity index (χ1v) is 4.73. The van der Waals surface area contributed by atoms with Crippen molar-refractivity contribution in [2.24, 2.45) is 0 Å². The predicted octanol–water partition coefficient (Wildman–Crippen LogP) is 3.57. The first kappa shape index (κ1) is 8.21. The Morgan fingerprint density at radius 3 is 2.58 bits per heavy atom. The van der Waals surface area contributed by atoms with Gasteiger partial charge in [-0.25, -0.2) is 0 Å². The summed E-state index contributed by atoms with van der Waals surface area (Å²) in [5.74, 6) is 0. The Kier molecular flexibility index (Phi) is 2.16. The third-order valence-electron chi connectivity index (χ3n) is 1.87. The second-order valence-electron chi connectivity index (χ2n) is 3.04. The number of anilines is 1. The Morgan fingerprint density at radius 1 is 1.25 bits per heavy atom. The first-order valence-electron chi connectivity index (χ1n) is 3.97. The highest BCUT2D eigenvalue weighted by molar-refractivity contribution is 6.36. The Bertz CT molecular complexity index is 295. The summed E-state index contributed by atoms with van der Waals surface area (Å²) in [5, 5.41) is 4.71. The molecule has 1 aliphatic carbocycles. The number of benzene rings is 1. The van der Waals surface area contributed by atoms with E-state index in [1.54, 1.807) is 6.07 Å². The lowest BCUT2D eigenvalue weighted by atomic mass is 10.3. The van der Waals surface area contributed by atoms with E-state index in [1.807, 2.05) is 12.1 Å². The van der Waals surface area contributed by atoms with Crippen molar-refractivity contribution in [2.75, 3.05) is 5.32 Å². The molecule has 0 saturated heterocycles. The van der Waals surface area contributed by atoms with E-state index in [0.717, 1.165) is 5.69 Å². The molecule has 0 bridgehead atoms. The maximum atomic E-state index is 5.95. The zero-order valence-electron chi connectivity index (χ0n) is 6.48. The van der Waals surface area contributed by atoms with E-state index >= 15 is 0 Å². The maximum absolute atomic E-state index is 5.95. The zero-order valence-corrected chi connectivity index (χ0v) is 7.99. The molecule has 0 aliphatic heterocycles. The van der Waals surface area contributed by atoms with Gasteiger partial charge in [-0.3, -0.25) is 0 Å². The Morgan fingerprint density at radius 2 is 2.00 bits per heavy atom. The largest absolute Gasteiger partial charge is 0.381 e. The zero-order chi connectivity index (χ0) is 8.55. The second kappa shape index (κ2) is 3.15. The van der Waals surface area contributed by atoms with E-state index in [0.29, 0.717) is 16.1 Å². The lowest BCUT2D eigenvalue weighted by molar-refractivity contribution is 1.16. The summed E-state index contributed by atoms with van der Waals surface area (Å²) in [6, 6.07) is 6.15. The number of rotatable bonds is 2. The predicted molar refractivity (Wildman–Crippen MR) is 53.1 cm³/mol. The van der Waals surface area contributed by atoms with Gasteiger partial charge in [0.25, 0.3) is 0 Å². The number of halogens is 2. The van der Waals surface area contributed by atoms with Gasteiger partial charge in [-0.1, -0.05) is 23.2 Å². The van der Waals surface area contributed by atoms with Gasteiger partial charge in [0, 0.05) is 11.1 Å². The molecule has 0 aromatic heterocycles. The van der Waals surface area contributed by atoms with E-state index < -0.39 is 0 Å². The highest BCUT2D eigenvalue weighted by Gasteiger charge is 2.21. The van der Waals surface area contributed by atoms with Crippen LogP contribution in [0.2, 0.25) is 10.0 Å². The molecule has 0 spiro atoms. The van der Waals surface area contributed by atoms with Crippen LogP contribution in [0, 0.1) is 0 Å². The molecule has 1 nitrogen and oxygen atoms in total. The lowest BCUT2D eigenvalue weighted by Gasteiger charge is -2.06. The third kappa shape index (κ3) is 1.85. The summed E-state index contributed by atoms with van der Waals surface area (Å²) in [6.45, 7) is 0. The molecule has 1 saturated carbocycles. The van der Waals surface area contributed by atoms with Crippen LogP contribution in [-0.2, 0) is 0 Å². The molecule has 0 radical (unpaired) electrons. The minimum atomic E-state index is 0.628. The number of nitrogens with one attached hydrogen (secondary N) is 1. The van der Waals surface area contributed by atoms with Crippen molar-refractivity contribution in [1.82, 2.24) is 0 Å². The van der Waals surface area contributed by atoms with E-state index in [1.165, 1.54) is 12.8 Å². The number of hydrogen-bond acceptors (Lipinski definition) is 1. The second-order valence-corrected chi connectivity index (χ2v) is 3.89. The van der Waals surface area contributed by atoms with Crippen LogP contribution in [0.5, 0.6) is 0 Å². The lowest BCUT2D eigenvalue weighted by Crippen LogP contribution is -2.00. The summed E-state index contributed by atoms with van der Waals surface area (Å²) in [5.41, 5.74) is 0.989. The molecule has 3 heteroatoms. The minimum Gasteiger partial charge on any atom is -0.381 e. The van der Waals surface area contributed by atoms with Crippen molar-refractivity contribution in [3.63, 3.8) is 0 Å². The molecule has 64 valence electrons. The van der Waals surface area contributed by atoms with Crippen molar-refractivity contribution in [1.29, 1.82) is 0 Å². The molecule has 0 heterocycles. The van der Waals surface area contributed by atoms with E-state index in [-0.39, 0.29) is 0 Å². The molecule has 1 aliphatic rings. The third-order valence-corrected chi connectivity index (χ3v) is 2.42. The average molecular weight is 202 g/mol. The summed E-state index contributed by atoms with van der Waals surface area (Å²) < 4.78 is 0. The van der Waals surface area contributed by atoms with Gasteiger partial charge < -0.3 is 5.32 Å². The van der Waals surface area contributed by atoms with Crippen LogP contribution in [0.25, 0.3) is 0 Å². The van der Waals surface area contributed by atoms with E-state index in [2.05, 4.69) is 5.32 Å². The summed E-state index contributed by atoms with van der Waals surface area (Å²) in [6.07, 6.45) is 2.50. The van der Waals surface area contributed by atoms with Gasteiger partial charge in [-0.15, -0.1) is 0 Å². The summed E-state index contributed by atoms with van der Waals surface area (Å²) in [7, 11) is 0. The smallest absolute Gasteiger partial charge is 0.0652 e. The molecule has 1 aromatic carbocycles. The van der Waals surface area contributed by atoms with Crippen molar-refractivity contribution in [3.8, 4) is 0 Å². The van der Waals surface area contributed by atoms with Crippen molar-refractivity contribution < 1.29 is 0 Å². The molecule has 12 heavy (non-hydrogen) atoms. The van der Waals surface area contributed by atoms with Crippen molar-refractivity contribution in [3.05, 3.63) is 28.2 Å². The minimum absolute atomic E-state index is 0.628. The molecule has 0 amide bonds. The Hall–Kier alpha value is -0.400. The van der Waals surface area contributed by atoms with Crippen molar-refractivity contribution in [2.45, 2.75) is 18.9 Å². The van der Waals surface area contributed by atoms with Crippen LogP contribution in [0.3, 0.4) is 0 Å². The van der Waals surface area contributed by atoms with Gasteiger partial charge in [0.15, 0.2) is 0 Å². The van der Waals surface area contributed by atoms with Gasteiger partial charge in [0.05, 0.1) is 10.7 Å². The fourth-order valence-electron chi connectivity index (χ4n) is 1.05. The SMILES string of the molecule is Clc1ccc(NC2CC2)c(Cl)c1. The van der Waals surface area contributed by atoms with Gasteiger partial charge >= 0.3 is 0 Å². The van der Waals surface area contributed by atoms with Gasteiger partial charge in [0.1, 0.15) is 0 Å². The molecule has 1 aromatic rings. The molecule has 2 rings (SSSR count). The van der Waals surface area contributed by atoms with Crippen LogP contribution in [0.15, 0.2) is 18.2 Å². The van der Waals surface area contributed by atoms with Gasteiger partial charge in [-0.2, -0.15) is 0 Å². The quantitative estimate of drug-likeness (QED) is 0.772. The van der Waals surface area contributed by atoms with E-state index in [9.17, 15) is 0 Å². The number of hydrogen-bond donors (Lipinski definition) is 1. The molecule has 1 fully saturated rings. The molecule has 0 atom stereocenters. The Labute approximate surface area is 81.7 Å². The van der Waals surface area contributed by atoms with E-state index in [4.69, 9.17) is 23.2 Å². The highest BCUT2D eigenvalue weighted by atomic mass is 35.5. The fraction of sp³-hybridized carbons (Fsp3) is 0.333. The monoisotopic (exact) mass is 201 g/mol. The normalized spacial score (nSPS) is 16.2. The summed E-state index contributed by atoms with van der Waals surface area (Å²) in [4.78, 5) is 0. The van der Waals surface area contributed by atoms with Crippen LogP contribution in [0.1, 0.15) is 12.8 Å². The standard InChI is InChI=1S/C9H9Cl2N/c10-6-1-4-9(8(11)5-6)12-7-2-3-7/h1,4-5,7,12H,2-3H2. The highest BCUT2D eigenvalue weighted by Crippen LogP contribution is 2.30. The molecule has 1 N–H and O–H groups in total. The van der Waals surface area contributed by atoms with Gasteiger partial charge in [0.2, 0.25) is 0 Å². The van der Waals surface area contributed by atoms with Crippen LogP contribution >= 0.6 is 23.2 Å². The first-order chi connectivity index (χ1) is 5.75. The molecular formula is C9H9Cl2N. The molecule has 0 unspecified atom stereocenters. The van der Waals surface area contributed by atoms with Crippen LogP contribution in [-0.4, -0.2) is 6.04 Å². The van der Waals surface area contributed by atoms with Crippen LogP contribution < -0.4 is 5.32 Å². The topological polar surface area (TPSA) is 12.0 Å². The van der Waals surface area contributed by atoms with Crippen molar-refractivity contribution >= 4 is 28.9 Å². The molecular weight excluding hydrogens is 193 g/mol.